The molecular formula is C30H29N2O14S3-3. The molecule has 0 atom stereocenters. The molecule has 1 aliphatic heterocycles. The molecule has 4 aromatic rings. The van der Waals surface area contributed by atoms with Crippen LogP contribution in [0.5, 0.6) is 5.75 Å². The smallest absolute Gasteiger partial charge is 0.303 e. The second kappa shape index (κ2) is 16.5. The Labute approximate surface area is 287 Å². The van der Waals surface area contributed by atoms with Crippen molar-refractivity contribution in [3.05, 3.63) is 36.4 Å². The van der Waals surface area contributed by atoms with Gasteiger partial charge in [-0.15, -0.1) is 0 Å². The van der Waals surface area contributed by atoms with Gasteiger partial charge in [-0.3, -0.25) is 24.5 Å². The molecular weight excluding hydrogens is 709 g/mol. The Morgan fingerprint density at radius 3 is 2.08 bits per heavy atom. The number of ether oxygens (including phenoxy) is 1. The standard InChI is InChI=1S/C30H32N2O14S3/c33-26(32-12-9-17(10-13-32)30(36)31-11-3-1-2-4-27(34)35)16-42-22-14-23(47-45-43-37)19-6-7-20-24(48-46-44-38)15-25(49(39,40)41)21-8-5-18(22)28(19)29(20)21/h5-8,14-15,17,37-38H,1-4,9-13,16H2,(H,31,36)(H,34,35)(H,39,40,41)/p-3. The van der Waals surface area contributed by atoms with Crippen molar-refractivity contribution < 1.29 is 66.5 Å². The van der Waals surface area contributed by atoms with Crippen LogP contribution in [0.15, 0.2) is 51.1 Å². The minimum atomic E-state index is -5.02. The Morgan fingerprint density at radius 2 is 1.47 bits per heavy atom. The van der Waals surface area contributed by atoms with E-state index in [0.29, 0.717) is 108 Å². The largest absolute Gasteiger partial charge is 0.744 e. The number of nitrogens with zero attached hydrogens (tertiary/aromatic N) is 1. The maximum atomic E-state index is 13.2. The summed E-state index contributed by atoms with van der Waals surface area (Å²) in [5, 5.41) is 41.9. The zero-order valence-electron chi connectivity index (χ0n) is 25.5. The highest BCUT2D eigenvalue weighted by Crippen LogP contribution is 2.47. The van der Waals surface area contributed by atoms with Crippen LogP contribution in [0.1, 0.15) is 38.5 Å². The van der Waals surface area contributed by atoms with Crippen LogP contribution in [0.25, 0.3) is 32.3 Å². The molecule has 0 saturated carbocycles. The quantitative estimate of drug-likeness (QED) is 0.0395. The lowest BCUT2D eigenvalue weighted by molar-refractivity contribution is -0.777. The summed E-state index contributed by atoms with van der Waals surface area (Å²) in [5.74, 6) is -1.38. The summed E-state index contributed by atoms with van der Waals surface area (Å²) in [6.07, 6.45) is 2.92. The van der Waals surface area contributed by atoms with E-state index in [0.717, 1.165) is 6.07 Å². The van der Waals surface area contributed by atoms with Crippen LogP contribution < -0.4 is 20.6 Å². The fourth-order valence-corrected chi connectivity index (χ4v) is 7.81. The van der Waals surface area contributed by atoms with Gasteiger partial charge in [0.2, 0.25) is 5.91 Å². The molecule has 1 heterocycles. The summed E-state index contributed by atoms with van der Waals surface area (Å²) >= 11 is 0.959. The van der Waals surface area contributed by atoms with Gasteiger partial charge >= 0.3 is 5.97 Å². The van der Waals surface area contributed by atoms with Gasteiger partial charge in [-0.05, 0) is 60.0 Å². The zero-order valence-corrected chi connectivity index (χ0v) is 28.0. The van der Waals surface area contributed by atoms with E-state index in [1.165, 1.54) is 12.1 Å². The van der Waals surface area contributed by atoms with Gasteiger partial charge < -0.3 is 35.1 Å². The Kier molecular flexibility index (Phi) is 12.4. The molecule has 0 unspecified atom stereocenters. The molecule has 49 heavy (non-hydrogen) atoms. The van der Waals surface area contributed by atoms with Crippen molar-refractivity contribution in [2.45, 2.75) is 53.2 Å². The number of carboxylic acids is 1. The molecule has 0 aromatic heterocycles. The van der Waals surface area contributed by atoms with E-state index in [-0.39, 0.29) is 40.2 Å². The first-order chi connectivity index (χ1) is 23.5. The number of likely N-dealkylation sites (tertiary alicyclic amines) is 1. The average Bonchev–Trinajstić information content (AvgIpc) is 3.08. The van der Waals surface area contributed by atoms with Gasteiger partial charge in [0.1, 0.15) is 15.9 Å². The Bertz CT molecular complexity index is 1930. The Balaban J connectivity index is 1.35. The topological polar surface area (TPSA) is 236 Å². The minimum absolute atomic E-state index is 0.0748. The zero-order chi connectivity index (χ0) is 35.1. The predicted octanol–water partition coefficient (Wildman–Crippen LogP) is 2.33. The van der Waals surface area contributed by atoms with Crippen molar-refractivity contribution in [1.82, 2.24) is 10.2 Å². The summed E-state index contributed by atoms with van der Waals surface area (Å²) in [7, 11) is -5.02. The van der Waals surface area contributed by atoms with Crippen LogP contribution in [-0.2, 0) is 43.2 Å². The first kappa shape index (κ1) is 36.8. The number of hydrogen-bond donors (Lipinski definition) is 2. The molecule has 0 spiro atoms. The highest BCUT2D eigenvalue weighted by atomic mass is 32.2. The number of benzene rings is 4. The summed E-state index contributed by atoms with van der Waals surface area (Å²) in [6, 6.07) is 8.80. The van der Waals surface area contributed by atoms with Crippen molar-refractivity contribution in [2.24, 2.45) is 5.92 Å². The highest BCUT2D eigenvalue weighted by molar-refractivity contribution is 7.95. The number of aliphatic carboxylic acids is 1. The average molecular weight is 738 g/mol. The van der Waals surface area contributed by atoms with E-state index in [9.17, 15) is 37.9 Å². The predicted molar refractivity (Wildman–Crippen MR) is 168 cm³/mol. The van der Waals surface area contributed by atoms with Crippen LogP contribution in [0, 0.1) is 5.92 Å². The minimum Gasteiger partial charge on any atom is -0.744 e. The van der Waals surface area contributed by atoms with Crippen LogP contribution in [0.4, 0.5) is 0 Å². The number of amides is 2. The van der Waals surface area contributed by atoms with Gasteiger partial charge in [-0.1, -0.05) is 24.6 Å². The van der Waals surface area contributed by atoms with Crippen LogP contribution in [0.2, 0.25) is 0 Å². The SMILES string of the molecule is O=C(O)CCCCCNC(=O)C1CCN(C(=O)COc2cc(SOO[O-])c3ccc4c(SOO[O-])cc(S(=O)(=O)[O-])c5ccc2c3c45)CC1. The fourth-order valence-electron chi connectivity index (χ4n) is 5.99. The van der Waals surface area contributed by atoms with E-state index in [4.69, 9.17) is 9.84 Å². The molecule has 1 fully saturated rings. The maximum absolute atomic E-state index is 13.2. The monoisotopic (exact) mass is 737 g/mol. The second-order valence-electron chi connectivity index (χ2n) is 11.1. The van der Waals surface area contributed by atoms with Crippen molar-refractivity contribution in [3.8, 4) is 5.75 Å². The number of nitrogens with one attached hydrogen (secondary N) is 1. The molecule has 2 amide bonds. The van der Waals surface area contributed by atoms with Crippen molar-refractivity contribution in [1.29, 1.82) is 0 Å². The first-order valence-electron chi connectivity index (χ1n) is 14.9. The molecule has 0 aliphatic carbocycles. The van der Waals surface area contributed by atoms with E-state index >= 15 is 0 Å². The third-order valence-corrected chi connectivity index (χ3v) is 10.4. The lowest BCUT2D eigenvalue weighted by atomic mass is 9.93. The summed E-state index contributed by atoms with van der Waals surface area (Å²) in [4.78, 5) is 37.8. The van der Waals surface area contributed by atoms with Crippen LogP contribution >= 0.6 is 24.1 Å². The number of unbranched alkanes of at least 4 members (excludes halogenated alkanes) is 2. The third kappa shape index (κ3) is 8.63. The van der Waals surface area contributed by atoms with Gasteiger partial charge in [0.25, 0.3) is 5.91 Å². The van der Waals surface area contributed by atoms with Gasteiger partial charge in [-0.2, -0.15) is 8.67 Å². The molecule has 264 valence electrons. The lowest BCUT2D eigenvalue weighted by Crippen LogP contribution is -2.44. The number of piperidine rings is 1. The number of carbonyl (C=O) groups is 3. The van der Waals surface area contributed by atoms with E-state index in [1.807, 2.05) is 0 Å². The second-order valence-corrected chi connectivity index (χ2v) is 14.0. The van der Waals surface area contributed by atoms with Gasteiger partial charge in [0.15, 0.2) is 6.61 Å². The number of hydrogen-bond acceptors (Lipinski definition) is 15. The summed E-state index contributed by atoms with van der Waals surface area (Å²) in [5.41, 5.74) is 0. The molecule has 5 rings (SSSR count). The van der Waals surface area contributed by atoms with E-state index < -0.39 is 27.6 Å². The lowest BCUT2D eigenvalue weighted by Gasteiger charge is -2.31. The Morgan fingerprint density at radius 1 is 0.878 bits per heavy atom. The van der Waals surface area contributed by atoms with Crippen LogP contribution in [-0.4, -0.2) is 67.0 Å². The molecule has 0 radical (unpaired) electrons. The van der Waals surface area contributed by atoms with E-state index in [2.05, 4.69) is 24.1 Å². The number of rotatable bonds is 17. The summed E-state index contributed by atoms with van der Waals surface area (Å²) in [6.45, 7) is 0.716. The van der Waals surface area contributed by atoms with Crippen LogP contribution in [0.3, 0.4) is 0 Å². The van der Waals surface area contributed by atoms with Gasteiger partial charge in [0, 0.05) is 53.0 Å². The van der Waals surface area contributed by atoms with Crippen molar-refractivity contribution >= 4 is 84.3 Å². The molecule has 16 nitrogen and oxygen atoms in total. The third-order valence-electron chi connectivity index (χ3n) is 8.26. The van der Waals surface area contributed by atoms with Gasteiger partial charge in [0.05, 0.1) is 33.9 Å². The molecule has 1 aliphatic rings. The Hall–Kier alpha value is -3.50. The molecule has 1 saturated heterocycles. The molecule has 19 heteroatoms. The molecule has 2 N–H and O–H groups in total. The van der Waals surface area contributed by atoms with Gasteiger partial charge in [-0.25, -0.2) is 8.42 Å². The first-order valence-corrected chi connectivity index (χ1v) is 17.8. The van der Waals surface area contributed by atoms with E-state index in [1.54, 1.807) is 23.1 Å². The fraction of sp³-hybridized carbons (Fsp3) is 0.367. The molecule has 4 aromatic carbocycles. The maximum Gasteiger partial charge on any atom is 0.303 e. The normalized spacial score (nSPS) is 14.2. The summed E-state index contributed by atoms with van der Waals surface area (Å²) < 4.78 is 51.9. The van der Waals surface area contributed by atoms with Crippen molar-refractivity contribution in [3.63, 3.8) is 0 Å². The molecule has 0 bridgehead atoms. The number of carboxylic acid groups (broad SMARTS) is 1. The van der Waals surface area contributed by atoms with Crippen molar-refractivity contribution in [2.75, 3.05) is 26.2 Å². The number of carbonyl (C=O) groups excluding carboxylic acids is 2. The highest BCUT2D eigenvalue weighted by Gasteiger charge is 2.28.